The van der Waals surface area contributed by atoms with Gasteiger partial charge >= 0.3 is 0 Å². The number of carbonyl (C=O) groups excluding carboxylic acids is 2. The van der Waals surface area contributed by atoms with Crippen LogP contribution in [0.5, 0.6) is 0 Å². The number of anilines is 1. The van der Waals surface area contributed by atoms with Crippen LogP contribution in [0.4, 0.5) is 5.82 Å². The van der Waals surface area contributed by atoms with Gasteiger partial charge in [-0.1, -0.05) is 5.16 Å². The average Bonchev–Trinajstić information content (AvgIpc) is 3.37. The number of carbonyl (C=O) groups is 2. The summed E-state index contributed by atoms with van der Waals surface area (Å²) in [6, 6.07) is 1.62. The molecule has 1 aliphatic heterocycles. The predicted molar refractivity (Wildman–Crippen MR) is 108 cm³/mol. The molecular formula is C22H32N4O3. The van der Waals surface area contributed by atoms with Crippen molar-refractivity contribution in [2.45, 2.75) is 51.4 Å². The number of hydrogen-bond donors (Lipinski definition) is 1. The van der Waals surface area contributed by atoms with E-state index in [2.05, 4.69) is 15.4 Å². The summed E-state index contributed by atoms with van der Waals surface area (Å²) in [5.41, 5.74) is -0.214. The molecule has 1 saturated heterocycles. The quantitative estimate of drug-likeness (QED) is 0.761. The van der Waals surface area contributed by atoms with Crippen LogP contribution in [-0.2, 0) is 9.59 Å². The third-order valence-corrected chi connectivity index (χ3v) is 7.70. The lowest BCUT2D eigenvalue weighted by Gasteiger charge is -2.56. The Morgan fingerprint density at radius 2 is 1.79 bits per heavy atom. The van der Waals surface area contributed by atoms with Crippen molar-refractivity contribution in [3.05, 3.63) is 12.3 Å². The Hall–Kier alpha value is -1.89. The third-order valence-electron chi connectivity index (χ3n) is 7.70. The highest BCUT2D eigenvalue weighted by molar-refractivity contribution is 5.94. The van der Waals surface area contributed by atoms with Crippen LogP contribution < -0.4 is 5.32 Å². The summed E-state index contributed by atoms with van der Waals surface area (Å²) in [6.07, 6.45) is 10.9. The second-order valence-corrected chi connectivity index (χ2v) is 9.91. The Morgan fingerprint density at radius 3 is 2.38 bits per heavy atom. The van der Waals surface area contributed by atoms with Crippen LogP contribution in [0.15, 0.2) is 16.9 Å². The van der Waals surface area contributed by atoms with E-state index in [0.717, 1.165) is 56.7 Å². The van der Waals surface area contributed by atoms with Crippen molar-refractivity contribution in [1.29, 1.82) is 0 Å². The summed E-state index contributed by atoms with van der Waals surface area (Å²) in [7, 11) is 0. The zero-order valence-corrected chi connectivity index (χ0v) is 17.1. The van der Waals surface area contributed by atoms with E-state index in [4.69, 9.17) is 4.52 Å². The summed E-state index contributed by atoms with van der Waals surface area (Å²) in [6.45, 7) is 3.79. The molecule has 5 fully saturated rings. The zero-order valence-electron chi connectivity index (χ0n) is 17.1. The monoisotopic (exact) mass is 400 g/mol. The van der Waals surface area contributed by atoms with E-state index >= 15 is 0 Å². The molecule has 1 N–H and O–H groups in total. The molecule has 1 aromatic rings. The largest absolute Gasteiger partial charge is 0.363 e. The van der Waals surface area contributed by atoms with E-state index in [1.54, 1.807) is 6.07 Å². The molecule has 4 aliphatic carbocycles. The molecule has 5 aliphatic rings. The third kappa shape index (κ3) is 3.93. The highest BCUT2D eigenvalue weighted by Crippen LogP contribution is 2.60. The molecule has 0 spiro atoms. The molecule has 7 heteroatoms. The van der Waals surface area contributed by atoms with E-state index in [1.807, 2.05) is 4.90 Å². The Balaban J connectivity index is 1.30. The normalized spacial score (nSPS) is 33.2. The predicted octanol–water partition coefficient (Wildman–Crippen LogP) is 2.75. The Kier molecular flexibility index (Phi) is 5.10. The molecule has 0 radical (unpaired) electrons. The van der Waals surface area contributed by atoms with Gasteiger partial charge in [-0.25, -0.2) is 0 Å². The van der Waals surface area contributed by atoms with Crippen LogP contribution in [0, 0.1) is 23.2 Å². The standard InChI is InChI=1S/C22H32N4O3/c27-20(23-19-3-8-29-24-19)15-26(7-6-25-4-1-2-5-25)21(28)22-12-16-9-17(13-22)11-18(10-16)14-22/h3,8,16-18H,1-2,4-7,9-15H2,(H,23,24,27). The van der Waals surface area contributed by atoms with Gasteiger partial charge in [-0.2, -0.15) is 0 Å². The smallest absolute Gasteiger partial charge is 0.245 e. The van der Waals surface area contributed by atoms with Gasteiger partial charge in [-0.3, -0.25) is 9.59 Å². The average molecular weight is 401 g/mol. The molecule has 4 bridgehead atoms. The molecular weight excluding hydrogens is 368 g/mol. The van der Waals surface area contributed by atoms with Gasteiger partial charge in [0.15, 0.2) is 5.82 Å². The number of nitrogens with zero attached hydrogens (tertiary/aromatic N) is 3. The van der Waals surface area contributed by atoms with Gasteiger partial charge in [-0.05, 0) is 82.2 Å². The zero-order chi connectivity index (χ0) is 19.8. The van der Waals surface area contributed by atoms with Gasteiger partial charge in [0.1, 0.15) is 6.26 Å². The Labute approximate surface area is 172 Å². The molecule has 158 valence electrons. The maximum absolute atomic E-state index is 13.8. The lowest BCUT2D eigenvalue weighted by molar-refractivity contribution is -0.159. The number of rotatable bonds is 7. The summed E-state index contributed by atoms with van der Waals surface area (Å²) in [5.74, 6) is 2.58. The topological polar surface area (TPSA) is 78.7 Å². The number of nitrogens with one attached hydrogen (secondary N) is 1. The van der Waals surface area contributed by atoms with Crippen LogP contribution >= 0.6 is 0 Å². The first-order valence-corrected chi connectivity index (χ1v) is 11.3. The lowest BCUT2D eigenvalue weighted by atomic mass is 9.49. The minimum atomic E-state index is -0.214. The molecule has 0 unspecified atom stereocenters. The maximum Gasteiger partial charge on any atom is 0.245 e. The van der Waals surface area contributed by atoms with Crippen molar-refractivity contribution < 1.29 is 14.1 Å². The van der Waals surface area contributed by atoms with Crippen molar-refractivity contribution in [3.8, 4) is 0 Å². The molecule has 2 heterocycles. The van der Waals surface area contributed by atoms with Gasteiger partial charge in [0.25, 0.3) is 0 Å². The lowest BCUT2D eigenvalue weighted by Crippen LogP contribution is -2.56. The fourth-order valence-corrected chi connectivity index (χ4v) is 6.86. The van der Waals surface area contributed by atoms with E-state index in [9.17, 15) is 9.59 Å². The van der Waals surface area contributed by atoms with Crippen molar-refractivity contribution in [2.75, 3.05) is 38.0 Å². The van der Waals surface area contributed by atoms with Gasteiger partial charge < -0.3 is 19.6 Å². The highest BCUT2D eigenvalue weighted by Gasteiger charge is 2.55. The number of hydrogen-bond acceptors (Lipinski definition) is 5. The SMILES string of the molecule is O=C(CN(CCN1CCCC1)C(=O)C12CC3CC(CC(C3)C1)C2)Nc1ccon1. The van der Waals surface area contributed by atoms with Crippen molar-refractivity contribution in [2.24, 2.45) is 23.2 Å². The van der Waals surface area contributed by atoms with Crippen LogP contribution in [0.3, 0.4) is 0 Å². The highest BCUT2D eigenvalue weighted by atomic mass is 16.5. The van der Waals surface area contributed by atoms with Crippen LogP contribution in [0.2, 0.25) is 0 Å². The van der Waals surface area contributed by atoms with Crippen LogP contribution in [0.25, 0.3) is 0 Å². The summed E-state index contributed by atoms with van der Waals surface area (Å²) >= 11 is 0. The van der Waals surface area contributed by atoms with E-state index in [-0.39, 0.29) is 23.8 Å². The molecule has 0 atom stereocenters. The molecule has 2 amide bonds. The first-order chi connectivity index (χ1) is 14.1. The summed E-state index contributed by atoms with van der Waals surface area (Å²) < 4.78 is 4.80. The maximum atomic E-state index is 13.8. The van der Waals surface area contributed by atoms with E-state index in [0.29, 0.717) is 12.4 Å². The minimum absolute atomic E-state index is 0.0985. The molecule has 6 rings (SSSR count). The van der Waals surface area contributed by atoms with E-state index < -0.39 is 0 Å². The molecule has 0 aromatic carbocycles. The van der Waals surface area contributed by atoms with Crippen molar-refractivity contribution in [1.82, 2.24) is 15.0 Å². The van der Waals surface area contributed by atoms with Gasteiger partial charge in [0.05, 0.1) is 12.0 Å². The fraction of sp³-hybridized carbons (Fsp3) is 0.773. The van der Waals surface area contributed by atoms with Gasteiger partial charge in [0, 0.05) is 19.2 Å². The molecule has 29 heavy (non-hydrogen) atoms. The number of likely N-dealkylation sites (tertiary alicyclic amines) is 1. The molecule has 1 aromatic heterocycles. The van der Waals surface area contributed by atoms with E-state index in [1.165, 1.54) is 38.4 Å². The fourth-order valence-electron chi connectivity index (χ4n) is 6.86. The van der Waals surface area contributed by atoms with Gasteiger partial charge in [0.2, 0.25) is 11.8 Å². The first kappa shape index (κ1) is 19.1. The number of amides is 2. The Bertz CT molecular complexity index is 706. The van der Waals surface area contributed by atoms with Gasteiger partial charge in [-0.15, -0.1) is 0 Å². The van der Waals surface area contributed by atoms with Crippen molar-refractivity contribution >= 4 is 17.6 Å². The molecule has 7 nitrogen and oxygen atoms in total. The van der Waals surface area contributed by atoms with Crippen LogP contribution in [0.1, 0.15) is 51.4 Å². The first-order valence-electron chi connectivity index (χ1n) is 11.3. The second kappa shape index (κ2) is 7.74. The molecule has 4 saturated carbocycles. The van der Waals surface area contributed by atoms with Crippen LogP contribution in [-0.4, -0.2) is 59.5 Å². The number of aromatic nitrogens is 1. The Morgan fingerprint density at radius 1 is 1.14 bits per heavy atom. The minimum Gasteiger partial charge on any atom is -0.363 e. The second-order valence-electron chi connectivity index (χ2n) is 9.91. The van der Waals surface area contributed by atoms with Crippen molar-refractivity contribution in [3.63, 3.8) is 0 Å². The summed E-state index contributed by atoms with van der Waals surface area (Å²) in [5, 5.41) is 6.51. The summed E-state index contributed by atoms with van der Waals surface area (Å²) in [4.78, 5) is 30.7.